The third-order valence-electron chi connectivity index (χ3n) is 5.95. The van der Waals surface area contributed by atoms with Gasteiger partial charge in [-0.1, -0.05) is 0 Å². The van der Waals surface area contributed by atoms with E-state index in [1.165, 1.54) is 11.5 Å². The van der Waals surface area contributed by atoms with Crippen LogP contribution < -0.4 is 0 Å². The molecule has 162 valence electrons. The zero-order chi connectivity index (χ0) is 21.7. The van der Waals surface area contributed by atoms with Gasteiger partial charge in [0.1, 0.15) is 11.2 Å². The molecule has 9 nitrogen and oxygen atoms in total. The van der Waals surface area contributed by atoms with Crippen LogP contribution in [-0.2, 0) is 18.8 Å². The van der Waals surface area contributed by atoms with Gasteiger partial charge in [-0.3, -0.25) is 9.36 Å². The Hall–Kier alpha value is -3.37. The maximum absolute atomic E-state index is 6.00. The Morgan fingerprint density at radius 1 is 0.938 bits per heavy atom. The van der Waals surface area contributed by atoms with Crippen LogP contribution in [0.4, 0.5) is 0 Å². The first kappa shape index (κ1) is 19.3. The van der Waals surface area contributed by atoms with Crippen LogP contribution in [0.5, 0.6) is 0 Å². The highest BCUT2D eigenvalue weighted by atomic mass is 32.1. The van der Waals surface area contributed by atoms with Crippen molar-refractivity contribution in [2.75, 3.05) is 6.61 Å². The van der Waals surface area contributed by atoms with Crippen molar-refractivity contribution in [2.24, 2.45) is 14.1 Å². The van der Waals surface area contributed by atoms with Crippen LogP contribution in [0.15, 0.2) is 42.9 Å². The molecule has 5 aromatic heterocycles. The minimum atomic E-state index is -0.0673. The average Bonchev–Trinajstić information content (AvgIpc) is 3.60. The van der Waals surface area contributed by atoms with Crippen LogP contribution in [0.3, 0.4) is 0 Å². The predicted octanol–water partition coefficient (Wildman–Crippen LogP) is 4.05. The molecular formula is C22H22N8OS. The summed E-state index contributed by atoms with van der Waals surface area (Å²) in [5.74, 6) is 0. The summed E-state index contributed by atoms with van der Waals surface area (Å²) in [5, 5.41) is 13.3. The summed E-state index contributed by atoms with van der Waals surface area (Å²) in [7, 11) is 3.87. The third-order valence-corrected chi connectivity index (χ3v) is 6.82. The molecule has 0 amide bonds. The van der Waals surface area contributed by atoms with Crippen molar-refractivity contribution in [3.05, 3.63) is 42.9 Å². The normalized spacial score (nSPS) is 16.8. The van der Waals surface area contributed by atoms with Crippen LogP contribution in [-0.4, -0.2) is 45.3 Å². The van der Waals surface area contributed by atoms with E-state index in [-0.39, 0.29) is 6.23 Å². The lowest BCUT2D eigenvalue weighted by Crippen LogP contribution is -2.19. The van der Waals surface area contributed by atoms with E-state index in [2.05, 4.69) is 21.4 Å². The van der Waals surface area contributed by atoms with Crippen LogP contribution in [0.2, 0.25) is 0 Å². The Bertz CT molecular complexity index is 1400. The number of aryl methyl sites for hydroxylation is 2. The fourth-order valence-electron chi connectivity index (χ4n) is 4.32. The van der Waals surface area contributed by atoms with E-state index in [1.54, 1.807) is 6.20 Å². The number of pyridine rings is 1. The highest BCUT2D eigenvalue weighted by molar-refractivity contribution is 7.14. The molecule has 6 rings (SSSR count). The number of nitrogens with zero attached hydrogens (tertiary/aromatic N) is 8. The minimum Gasteiger partial charge on any atom is -0.356 e. The van der Waals surface area contributed by atoms with Crippen molar-refractivity contribution >= 4 is 21.7 Å². The van der Waals surface area contributed by atoms with E-state index in [9.17, 15) is 0 Å². The highest BCUT2D eigenvalue weighted by Gasteiger charge is 2.24. The van der Waals surface area contributed by atoms with E-state index in [0.29, 0.717) is 0 Å². The molecule has 0 saturated carbocycles. The molecule has 1 aliphatic rings. The molecule has 10 heteroatoms. The molecule has 5 aromatic rings. The van der Waals surface area contributed by atoms with Crippen LogP contribution in [0, 0.1) is 0 Å². The number of rotatable bonds is 4. The second kappa shape index (κ2) is 7.64. The van der Waals surface area contributed by atoms with Gasteiger partial charge in [0, 0.05) is 44.9 Å². The summed E-state index contributed by atoms with van der Waals surface area (Å²) in [5.41, 5.74) is 6.45. The van der Waals surface area contributed by atoms with Crippen LogP contribution >= 0.6 is 11.5 Å². The van der Waals surface area contributed by atoms with Gasteiger partial charge in [-0.25, -0.2) is 9.67 Å². The molecule has 32 heavy (non-hydrogen) atoms. The molecule has 0 spiro atoms. The van der Waals surface area contributed by atoms with Gasteiger partial charge in [0.15, 0.2) is 6.23 Å². The molecule has 0 bridgehead atoms. The molecule has 1 fully saturated rings. The summed E-state index contributed by atoms with van der Waals surface area (Å²) in [6.07, 6.45) is 8.51. The highest BCUT2D eigenvalue weighted by Crippen LogP contribution is 2.39. The number of fused-ring (bicyclic) bond motifs is 1. The van der Waals surface area contributed by atoms with Gasteiger partial charge in [0.25, 0.3) is 0 Å². The van der Waals surface area contributed by atoms with Gasteiger partial charge in [-0.05, 0) is 55.1 Å². The Morgan fingerprint density at radius 3 is 2.41 bits per heavy atom. The quantitative estimate of drug-likeness (QED) is 0.414. The molecule has 1 aliphatic heterocycles. The Morgan fingerprint density at radius 2 is 1.69 bits per heavy atom. The van der Waals surface area contributed by atoms with E-state index in [0.717, 1.165) is 70.1 Å². The zero-order valence-corrected chi connectivity index (χ0v) is 18.7. The molecule has 1 atom stereocenters. The molecule has 1 saturated heterocycles. The maximum atomic E-state index is 6.00. The van der Waals surface area contributed by atoms with Crippen molar-refractivity contribution in [3.8, 4) is 34.0 Å². The third kappa shape index (κ3) is 3.06. The Balaban J connectivity index is 1.58. The average molecular weight is 447 g/mol. The summed E-state index contributed by atoms with van der Waals surface area (Å²) in [4.78, 5) is 5.06. The number of hydrogen-bond acceptors (Lipinski definition) is 7. The summed E-state index contributed by atoms with van der Waals surface area (Å²) in [6.45, 7) is 0.759. The minimum absolute atomic E-state index is 0.0673. The Labute approximate surface area is 188 Å². The van der Waals surface area contributed by atoms with Crippen LogP contribution in [0.1, 0.15) is 25.5 Å². The summed E-state index contributed by atoms with van der Waals surface area (Å²) in [6, 6.07) is 8.08. The predicted molar refractivity (Wildman–Crippen MR) is 122 cm³/mol. The largest absolute Gasteiger partial charge is 0.356 e. The lowest BCUT2D eigenvalue weighted by atomic mass is 10.1. The van der Waals surface area contributed by atoms with Gasteiger partial charge in [0.05, 0.1) is 27.5 Å². The van der Waals surface area contributed by atoms with E-state index >= 15 is 0 Å². The lowest BCUT2D eigenvalue weighted by Gasteiger charge is -2.24. The van der Waals surface area contributed by atoms with Gasteiger partial charge < -0.3 is 4.74 Å². The molecule has 0 radical (unpaired) electrons. The standard InChI is InChI=1S/C22H22N8OS/c1-28-16(6-9-23-28)14-13-15(17-7-10-24-29(17)2)26-21-20(27-32-22(14)21)18-8-11-25-30(18)19-5-3-4-12-31-19/h6-11,13,19H,3-5,12H2,1-2H3. The van der Waals surface area contributed by atoms with Gasteiger partial charge in [-0.15, -0.1) is 0 Å². The first-order valence-corrected chi connectivity index (χ1v) is 11.4. The monoisotopic (exact) mass is 446 g/mol. The lowest BCUT2D eigenvalue weighted by molar-refractivity contribution is -0.0383. The van der Waals surface area contributed by atoms with Gasteiger partial charge in [-0.2, -0.15) is 19.7 Å². The van der Waals surface area contributed by atoms with Crippen molar-refractivity contribution in [1.29, 1.82) is 0 Å². The van der Waals surface area contributed by atoms with Gasteiger partial charge in [0.2, 0.25) is 0 Å². The molecule has 0 N–H and O–H groups in total. The second-order valence-electron chi connectivity index (χ2n) is 7.93. The number of ether oxygens (including phenoxy) is 1. The first-order chi connectivity index (χ1) is 15.7. The molecular weight excluding hydrogens is 424 g/mol. The first-order valence-electron chi connectivity index (χ1n) is 10.6. The molecule has 0 aromatic carbocycles. The molecule has 6 heterocycles. The smallest absolute Gasteiger partial charge is 0.150 e. The number of hydrogen-bond donors (Lipinski definition) is 0. The van der Waals surface area contributed by atoms with Crippen molar-refractivity contribution < 1.29 is 4.74 Å². The van der Waals surface area contributed by atoms with Crippen molar-refractivity contribution in [2.45, 2.75) is 25.5 Å². The topological polar surface area (TPSA) is 88.5 Å². The zero-order valence-electron chi connectivity index (χ0n) is 17.8. The summed E-state index contributed by atoms with van der Waals surface area (Å²) < 4.78 is 17.5. The van der Waals surface area contributed by atoms with E-state index in [1.807, 2.05) is 58.7 Å². The fourth-order valence-corrected chi connectivity index (χ4v) is 5.17. The Kier molecular flexibility index (Phi) is 4.62. The maximum Gasteiger partial charge on any atom is 0.150 e. The number of aromatic nitrogens is 8. The van der Waals surface area contributed by atoms with Gasteiger partial charge >= 0.3 is 0 Å². The summed E-state index contributed by atoms with van der Waals surface area (Å²) >= 11 is 1.45. The van der Waals surface area contributed by atoms with E-state index < -0.39 is 0 Å². The van der Waals surface area contributed by atoms with Crippen molar-refractivity contribution in [3.63, 3.8) is 0 Å². The second-order valence-corrected chi connectivity index (χ2v) is 8.70. The fraction of sp³-hybridized carbons (Fsp3) is 0.318. The molecule has 1 unspecified atom stereocenters. The van der Waals surface area contributed by atoms with Crippen LogP contribution in [0.25, 0.3) is 44.2 Å². The molecule has 0 aliphatic carbocycles. The SMILES string of the molecule is Cn1nccc1-c1cc(-c2ccnn2C)c2snc(-c3ccnn3C3CCCCO3)c2n1. The van der Waals surface area contributed by atoms with E-state index in [4.69, 9.17) is 14.1 Å². The van der Waals surface area contributed by atoms with Crippen molar-refractivity contribution in [1.82, 2.24) is 38.7 Å².